The second kappa shape index (κ2) is 19.5. The van der Waals surface area contributed by atoms with Gasteiger partial charge in [0, 0.05) is 34.7 Å². The highest BCUT2D eigenvalue weighted by molar-refractivity contribution is 5.91. The first kappa shape index (κ1) is 42.9. The van der Waals surface area contributed by atoms with Gasteiger partial charge in [-0.05, 0) is 90.0 Å². The number of imidazole rings is 2. The fourth-order valence-corrected chi connectivity index (χ4v) is 9.14. The van der Waals surface area contributed by atoms with Crippen LogP contribution in [0.25, 0.3) is 44.4 Å². The molecule has 332 valence electrons. The first-order valence-corrected chi connectivity index (χ1v) is 21.8. The third kappa shape index (κ3) is 9.64. The molecule has 0 aliphatic carbocycles. The molecule has 3 amide bonds. The molecule has 15 nitrogen and oxygen atoms in total. The number of methoxy groups -OCH3 is 2. The van der Waals surface area contributed by atoms with Crippen molar-refractivity contribution < 1.29 is 36.2 Å². The lowest BCUT2D eigenvalue weighted by atomic mass is 9.92. The third-order valence-corrected chi connectivity index (χ3v) is 12.7. The monoisotopic (exact) mass is 850 g/mol. The van der Waals surface area contributed by atoms with E-state index in [1.54, 1.807) is 0 Å². The molecule has 0 bridgehead atoms. The number of nitrogens with one attached hydrogen (secondary N) is 4. The maximum absolute atomic E-state index is 13.6. The Bertz CT molecular complexity index is 2330. The summed E-state index contributed by atoms with van der Waals surface area (Å²) in [6, 6.07) is 20.6. The quantitative estimate of drug-likeness (QED) is 0.0855. The van der Waals surface area contributed by atoms with Gasteiger partial charge in [-0.2, -0.15) is 0 Å². The molecule has 3 fully saturated rings. The van der Waals surface area contributed by atoms with Crippen LogP contribution in [-0.2, 0) is 23.7 Å². The van der Waals surface area contributed by atoms with E-state index in [4.69, 9.17) is 28.9 Å². The zero-order valence-electron chi connectivity index (χ0n) is 36.0. The molecule has 2 aromatic heterocycles. The van der Waals surface area contributed by atoms with E-state index in [9.17, 15) is 14.4 Å². The van der Waals surface area contributed by atoms with Crippen LogP contribution in [0.1, 0.15) is 79.0 Å². The number of rotatable bonds is 14. The molecule has 0 saturated carbocycles. The number of carbonyl (C=O) groups is 3. The Hall–Kier alpha value is -5.77. The van der Waals surface area contributed by atoms with Gasteiger partial charge in [0.05, 0.1) is 69.5 Å². The number of hydrogen-bond donors (Lipinski definition) is 4. The van der Waals surface area contributed by atoms with Crippen molar-refractivity contribution in [1.82, 2.24) is 40.4 Å². The summed E-state index contributed by atoms with van der Waals surface area (Å²) >= 11 is 0. The smallest absolute Gasteiger partial charge is 0.407 e. The first-order chi connectivity index (χ1) is 30.2. The van der Waals surface area contributed by atoms with E-state index in [0.717, 1.165) is 101 Å². The summed E-state index contributed by atoms with van der Waals surface area (Å²) < 4.78 is 21.4. The van der Waals surface area contributed by atoms with Gasteiger partial charge in [-0.15, -0.1) is 0 Å². The molecular weight excluding hydrogens is 789 g/mol. The van der Waals surface area contributed by atoms with Gasteiger partial charge in [0.25, 0.3) is 0 Å². The van der Waals surface area contributed by atoms with E-state index < -0.39 is 18.2 Å². The van der Waals surface area contributed by atoms with Crippen molar-refractivity contribution >= 4 is 28.9 Å². The van der Waals surface area contributed by atoms with E-state index in [2.05, 4.69) is 86.2 Å². The minimum Gasteiger partial charge on any atom is -0.453 e. The van der Waals surface area contributed by atoms with E-state index in [-0.39, 0.29) is 38.7 Å². The number of fused-ring (bicyclic) bond motifs is 1. The standard InChI is InChI=1S/C47H58N8O7.2H2/c1-29(2)42(53-47(58)60-4)45(56)55-20-6-8-41(55)44-49-26-38(51-44)36-16-15-34-23-33(13-14-35(34)24-36)30-9-11-31(12-10-30)37-25-48-43(50-37)40-7-5-19-54(40)28-62-27-39(52-46(57)59-3)32-17-21-61-22-18-32;;/h9-16,23-26,29,32,39-42H,5-8,17-22,27-28H2,1-4H3,(H,48,50)(H,49,51)(H,52,57)(H,53,58);2*1H/t39-,40+,41+,42+;;/m1../s1. The fourth-order valence-electron chi connectivity index (χ4n) is 9.14. The van der Waals surface area contributed by atoms with Gasteiger partial charge in [-0.3, -0.25) is 9.69 Å². The average Bonchev–Trinajstić information content (AvgIpc) is 4.15. The summed E-state index contributed by atoms with van der Waals surface area (Å²) in [7, 11) is 2.68. The second-order valence-corrected chi connectivity index (χ2v) is 16.9. The van der Waals surface area contributed by atoms with E-state index in [1.807, 2.05) is 31.1 Å². The van der Waals surface area contributed by atoms with E-state index in [0.29, 0.717) is 33.1 Å². The highest BCUT2D eigenvalue weighted by Crippen LogP contribution is 2.35. The molecule has 3 aromatic carbocycles. The van der Waals surface area contributed by atoms with Gasteiger partial charge in [0.15, 0.2) is 0 Å². The highest BCUT2D eigenvalue weighted by atomic mass is 16.5. The molecular formula is C47H62N8O7. The van der Waals surface area contributed by atoms with Crippen LogP contribution in [0, 0.1) is 11.8 Å². The SMILES string of the molecule is COC(=O)N[C@H](C(=O)N1CCC[C@H]1c1ncc(-c2ccc3cc(-c4ccc(-c5cnc([C@@H]6CCCN6COC[C@@H](NC(=O)OC)C6CCOCC6)[nH]5)cc4)ccc3c2)[nH]1)C(C)C.[HH].[HH]. The molecule has 3 aliphatic rings. The molecule has 0 radical (unpaired) electrons. The predicted octanol–water partition coefficient (Wildman–Crippen LogP) is 8.09. The van der Waals surface area contributed by atoms with Crippen molar-refractivity contribution in [3.05, 3.63) is 84.7 Å². The summed E-state index contributed by atoms with van der Waals surface area (Å²) in [4.78, 5) is 58.4. The normalized spacial score (nSPS) is 19.5. The lowest BCUT2D eigenvalue weighted by molar-refractivity contribution is -0.135. The maximum Gasteiger partial charge on any atom is 0.407 e. The molecule has 3 aliphatic heterocycles. The Labute approximate surface area is 365 Å². The number of alkyl carbamates (subject to hydrolysis) is 2. The highest BCUT2D eigenvalue weighted by Gasteiger charge is 2.38. The zero-order valence-corrected chi connectivity index (χ0v) is 36.0. The lowest BCUT2D eigenvalue weighted by Gasteiger charge is -2.31. The van der Waals surface area contributed by atoms with Crippen LogP contribution >= 0.6 is 0 Å². The third-order valence-electron chi connectivity index (χ3n) is 12.7. The summed E-state index contributed by atoms with van der Waals surface area (Å²) in [6.45, 7) is 7.59. The molecule has 5 heterocycles. The minimum absolute atomic E-state index is 0. The Kier molecular flexibility index (Phi) is 13.5. The lowest BCUT2D eigenvalue weighted by Crippen LogP contribution is -2.51. The largest absolute Gasteiger partial charge is 0.453 e. The van der Waals surface area contributed by atoms with Crippen LogP contribution in [0.5, 0.6) is 0 Å². The van der Waals surface area contributed by atoms with Crippen molar-refractivity contribution in [3.8, 4) is 33.6 Å². The van der Waals surface area contributed by atoms with Crippen molar-refractivity contribution in [2.45, 2.75) is 76.5 Å². The summed E-state index contributed by atoms with van der Waals surface area (Å²) in [5, 5.41) is 7.93. The minimum atomic E-state index is -0.681. The summed E-state index contributed by atoms with van der Waals surface area (Å²) in [6.07, 6.45) is 8.15. The summed E-state index contributed by atoms with van der Waals surface area (Å²) in [5.74, 6) is 1.73. The Morgan fingerprint density at radius 2 is 1.34 bits per heavy atom. The van der Waals surface area contributed by atoms with Gasteiger partial charge >= 0.3 is 12.2 Å². The molecule has 3 saturated heterocycles. The number of aromatic nitrogens is 4. The van der Waals surface area contributed by atoms with Crippen LogP contribution in [0.2, 0.25) is 0 Å². The number of likely N-dealkylation sites (tertiary alicyclic amines) is 2. The average molecular weight is 851 g/mol. The Morgan fingerprint density at radius 1 is 0.758 bits per heavy atom. The number of hydrogen-bond acceptors (Lipinski definition) is 10. The number of carbonyl (C=O) groups excluding carboxylic acids is 3. The van der Waals surface area contributed by atoms with E-state index >= 15 is 0 Å². The molecule has 4 N–H and O–H groups in total. The predicted molar refractivity (Wildman–Crippen MR) is 239 cm³/mol. The number of ether oxygens (including phenoxy) is 4. The summed E-state index contributed by atoms with van der Waals surface area (Å²) in [5.41, 5.74) is 6.17. The van der Waals surface area contributed by atoms with Crippen molar-refractivity contribution in [2.75, 3.05) is 53.9 Å². The van der Waals surface area contributed by atoms with Gasteiger partial charge < -0.3 is 44.4 Å². The number of nitrogens with zero attached hydrogens (tertiary/aromatic N) is 4. The van der Waals surface area contributed by atoms with Crippen LogP contribution in [0.3, 0.4) is 0 Å². The molecule has 8 rings (SSSR count). The van der Waals surface area contributed by atoms with Gasteiger partial charge in [-0.1, -0.05) is 62.4 Å². The van der Waals surface area contributed by atoms with E-state index in [1.165, 1.54) is 14.2 Å². The molecule has 15 heteroatoms. The molecule has 0 unspecified atom stereocenters. The Morgan fingerprint density at radius 3 is 2.03 bits per heavy atom. The van der Waals surface area contributed by atoms with Crippen LogP contribution < -0.4 is 10.6 Å². The van der Waals surface area contributed by atoms with Gasteiger partial charge in [0.2, 0.25) is 5.91 Å². The molecule has 62 heavy (non-hydrogen) atoms. The number of H-pyrrole nitrogens is 2. The number of amides is 3. The van der Waals surface area contributed by atoms with Crippen LogP contribution in [-0.4, -0.2) is 114 Å². The number of benzene rings is 3. The number of aromatic amines is 2. The zero-order chi connectivity index (χ0) is 43.2. The van der Waals surface area contributed by atoms with Crippen LogP contribution in [0.15, 0.2) is 73.1 Å². The topological polar surface area (TPSA) is 176 Å². The maximum atomic E-state index is 13.6. The fraction of sp³-hybridized carbons (Fsp3) is 0.468. The van der Waals surface area contributed by atoms with Crippen molar-refractivity contribution in [2.24, 2.45) is 11.8 Å². The second-order valence-electron chi connectivity index (χ2n) is 16.9. The van der Waals surface area contributed by atoms with Gasteiger partial charge in [-0.25, -0.2) is 19.6 Å². The molecule has 5 aromatic rings. The molecule has 4 atom stereocenters. The Balaban J connectivity index is 0.00000340. The molecule has 0 spiro atoms. The van der Waals surface area contributed by atoms with Crippen LogP contribution in [0.4, 0.5) is 9.59 Å². The van der Waals surface area contributed by atoms with Crippen molar-refractivity contribution in [1.29, 1.82) is 0 Å². The van der Waals surface area contributed by atoms with Gasteiger partial charge in [0.1, 0.15) is 17.7 Å². The van der Waals surface area contributed by atoms with Crippen molar-refractivity contribution in [3.63, 3.8) is 0 Å². The first-order valence-electron chi connectivity index (χ1n) is 21.8.